The summed E-state index contributed by atoms with van der Waals surface area (Å²) in [7, 11) is 0. The summed E-state index contributed by atoms with van der Waals surface area (Å²) in [6, 6.07) is 3.51. The number of likely N-dealkylation sites (tertiary alicyclic amines) is 1. The van der Waals surface area contributed by atoms with Gasteiger partial charge in [0.05, 0.1) is 5.56 Å². The minimum Gasteiger partial charge on any atom is -0.478 e. The van der Waals surface area contributed by atoms with Crippen molar-refractivity contribution >= 4 is 11.8 Å². The van der Waals surface area contributed by atoms with Crippen molar-refractivity contribution < 1.29 is 9.90 Å². The molecule has 20 heavy (non-hydrogen) atoms. The molecule has 2 heterocycles. The number of aromatic carboxylic acids is 1. The highest BCUT2D eigenvalue weighted by Gasteiger charge is 2.15. The van der Waals surface area contributed by atoms with Crippen LogP contribution < -0.4 is 5.32 Å². The fraction of sp³-hybridized carbons (Fsp3) is 0.600. The lowest BCUT2D eigenvalue weighted by molar-refractivity contribution is 0.0696. The Labute approximate surface area is 120 Å². The molecular weight excluding hydrogens is 254 g/mol. The number of carboxylic acid groups (broad SMARTS) is 1. The number of nitrogens with zero attached hydrogens (tertiary/aromatic N) is 2. The monoisotopic (exact) mass is 277 g/mol. The van der Waals surface area contributed by atoms with Crippen LogP contribution in [0.25, 0.3) is 0 Å². The van der Waals surface area contributed by atoms with Crippen molar-refractivity contribution in [3.8, 4) is 0 Å². The molecule has 1 aliphatic heterocycles. The van der Waals surface area contributed by atoms with Crippen molar-refractivity contribution in [3.63, 3.8) is 0 Å². The highest BCUT2D eigenvalue weighted by atomic mass is 16.4. The van der Waals surface area contributed by atoms with Crippen LogP contribution in [0.2, 0.25) is 0 Å². The lowest BCUT2D eigenvalue weighted by Gasteiger charge is -2.22. The van der Waals surface area contributed by atoms with Crippen LogP contribution in [0.15, 0.2) is 12.1 Å². The summed E-state index contributed by atoms with van der Waals surface area (Å²) < 4.78 is 0. The van der Waals surface area contributed by atoms with Crippen molar-refractivity contribution in [3.05, 3.63) is 23.4 Å². The van der Waals surface area contributed by atoms with Gasteiger partial charge in [-0.25, -0.2) is 9.78 Å². The molecule has 1 atom stereocenters. The van der Waals surface area contributed by atoms with Crippen molar-refractivity contribution in [1.29, 1.82) is 0 Å². The molecule has 1 fully saturated rings. The molecule has 2 rings (SSSR count). The van der Waals surface area contributed by atoms with Gasteiger partial charge in [0.1, 0.15) is 5.82 Å². The fourth-order valence-electron chi connectivity index (χ4n) is 2.62. The molecule has 1 saturated heterocycles. The highest BCUT2D eigenvalue weighted by Crippen LogP contribution is 2.14. The number of nitrogens with one attached hydrogen (secondary N) is 1. The Kier molecular flexibility index (Phi) is 4.95. The summed E-state index contributed by atoms with van der Waals surface area (Å²) in [6.07, 6.45) is 3.29. The smallest absolute Gasteiger partial charge is 0.335 e. The molecular formula is C15H23N3O2. The van der Waals surface area contributed by atoms with Gasteiger partial charge in [0.25, 0.3) is 0 Å². The minimum absolute atomic E-state index is 0.259. The SMILES string of the molecule is CCc1cc(C(=O)O)cc(NC(C)CN2CCCC2)n1. The minimum atomic E-state index is -0.905. The summed E-state index contributed by atoms with van der Waals surface area (Å²) in [6.45, 7) is 7.38. The van der Waals surface area contributed by atoms with Crippen LogP contribution in [0.5, 0.6) is 0 Å². The van der Waals surface area contributed by atoms with E-state index in [2.05, 4.69) is 22.1 Å². The number of pyridine rings is 1. The summed E-state index contributed by atoms with van der Waals surface area (Å²) in [5, 5.41) is 12.5. The van der Waals surface area contributed by atoms with Gasteiger partial charge in [-0.2, -0.15) is 0 Å². The van der Waals surface area contributed by atoms with Gasteiger partial charge in [-0.3, -0.25) is 0 Å². The van der Waals surface area contributed by atoms with Gasteiger partial charge in [-0.05, 0) is 51.4 Å². The number of hydrogen-bond acceptors (Lipinski definition) is 4. The van der Waals surface area contributed by atoms with E-state index in [4.69, 9.17) is 5.11 Å². The molecule has 0 aliphatic carbocycles. The lowest BCUT2D eigenvalue weighted by atomic mass is 10.2. The maximum Gasteiger partial charge on any atom is 0.335 e. The van der Waals surface area contributed by atoms with Crippen molar-refractivity contribution in [2.45, 2.75) is 39.2 Å². The second-order valence-electron chi connectivity index (χ2n) is 5.44. The van der Waals surface area contributed by atoms with Crippen LogP contribution >= 0.6 is 0 Å². The zero-order chi connectivity index (χ0) is 14.5. The Morgan fingerprint density at radius 1 is 1.45 bits per heavy atom. The third kappa shape index (κ3) is 3.93. The molecule has 1 aromatic rings. The van der Waals surface area contributed by atoms with Crippen LogP contribution in [-0.2, 0) is 6.42 Å². The predicted molar refractivity (Wildman–Crippen MR) is 79.3 cm³/mol. The van der Waals surface area contributed by atoms with Crippen molar-refractivity contribution in [2.75, 3.05) is 25.0 Å². The molecule has 0 aromatic carbocycles. The van der Waals surface area contributed by atoms with E-state index < -0.39 is 5.97 Å². The van der Waals surface area contributed by atoms with Gasteiger partial charge in [-0.1, -0.05) is 6.92 Å². The maximum atomic E-state index is 11.1. The van der Waals surface area contributed by atoms with Crippen LogP contribution in [0.4, 0.5) is 5.82 Å². The topological polar surface area (TPSA) is 65.5 Å². The van der Waals surface area contributed by atoms with Crippen LogP contribution in [0, 0.1) is 0 Å². The molecule has 0 saturated carbocycles. The number of carbonyl (C=O) groups is 1. The summed E-state index contributed by atoms with van der Waals surface area (Å²) >= 11 is 0. The maximum absolute atomic E-state index is 11.1. The highest BCUT2D eigenvalue weighted by molar-refractivity contribution is 5.88. The molecule has 5 nitrogen and oxygen atoms in total. The predicted octanol–water partition coefficient (Wildman–Crippen LogP) is 2.24. The zero-order valence-electron chi connectivity index (χ0n) is 12.2. The summed E-state index contributed by atoms with van der Waals surface area (Å²) in [5.74, 6) is -0.245. The van der Waals surface area contributed by atoms with E-state index in [1.165, 1.54) is 12.8 Å². The Morgan fingerprint density at radius 2 is 2.15 bits per heavy atom. The first-order chi connectivity index (χ1) is 9.58. The zero-order valence-corrected chi connectivity index (χ0v) is 12.2. The van der Waals surface area contributed by atoms with Crippen LogP contribution in [0.3, 0.4) is 0 Å². The molecule has 0 radical (unpaired) electrons. The van der Waals surface area contributed by atoms with Gasteiger partial charge in [0.2, 0.25) is 0 Å². The average Bonchev–Trinajstić information content (AvgIpc) is 2.90. The molecule has 1 aliphatic rings. The van der Waals surface area contributed by atoms with Crippen molar-refractivity contribution in [1.82, 2.24) is 9.88 Å². The number of aromatic nitrogens is 1. The van der Waals surface area contributed by atoms with Crippen LogP contribution in [0.1, 0.15) is 42.7 Å². The van der Waals surface area contributed by atoms with Crippen molar-refractivity contribution in [2.24, 2.45) is 0 Å². The Hall–Kier alpha value is -1.62. The van der Waals surface area contributed by atoms with E-state index in [1.807, 2.05) is 6.92 Å². The van der Waals surface area contributed by atoms with E-state index in [0.29, 0.717) is 11.4 Å². The third-order valence-electron chi connectivity index (χ3n) is 3.61. The molecule has 110 valence electrons. The van der Waals surface area contributed by atoms with Gasteiger partial charge in [0, 0.05) is 18.3 Å². The summed E-state index contributed by atoms with van der Waals surface area (Å²) in [4.78, 5) is 18.0. The molecule has 0 amide bonds. The molecule has 1 aromatic heterocycles. The number of rotatable bonds is 6. The molecule has 5 heteroatoms. The molecule has 0 spiro atoms. The fourth-order valence-corrected chi connectivity index (χ4v) is 2.62. The van der Waals surface area contributed by atoms with E-state index in [0.717, 1.165) is 31.7 Å². The Morgan fingerprint density at radius 3 is 2.75 bits per heavy atom. The largest absolute Gasteiger partial charge is 0.478 e. The second-order valence-corrected chi connectivity index (χ2v) is 5.44. The van der Waals surface area contributed by atoms with Crippen LogP contribution in [-0.4, -0.2) is 46.6 Å². The van der Waals surface area contributed by atoms with Gasteiger partial charge < -0.3 is 15.3 Å². The standard InChI is InChI=1S/C15H23N3O2/c1-3-13-8-12(15(19)20)9-14(17-13)16-11(2)10-18-6-4-5-7-18/h8-9,11H,3-7,10H2,1-2H3,(H,16,17)(H,19,20). The molecule has 0 bridgehead atoms. The quantitative estimate of drug-likeness (QED) is 0.835. The first-order valence-electron chi connectivity index (χ1n) is 7.31. The number of hydrogen-bond donors (Lipinski definition) is 2. The van der Waals surface area contributed by atoms with E-state index in [-0.39, 0.29) is 6.04 Å². The normalized spacial score (nSPS) is 17.1. The Bertz CT molecular complexity index is 470. The van der Waals surface area contributed by atoms with E-state index in [9.17, 15) is 4.79 Å². The second kappa shape index (κ2) is 6.70. The summed E-state index contributed by atoms with van der Waals surface area (Å²) in [5.41, 5.74) is 1.11. The van der Waals surface area contributed by atoms with E-state index in [1.54, 1.807) is 12.1 Å². The molecule has 2 N–H and O–H groups in total. The Balaban J connectivity index is 2.03. The van der Waals surface area contributed by atoms with Gasteiger partial charge in [-0.15, -0.1) is 0 Å². The first-order valence-corrected chi connectivity index (χ1v) is 7.31. The van der Waals surface area contributed by atoms with Gasteiger partial charge >= 0.3 is 5.97 Å². The third-order valence-corrected chi connectivity index (χ3v) is 3.61. The molecule has 1 unspecified atom stereocenters. The van der Waals surface area contributed by atoms with E-state index >= 15 is 0 Å². The first kappa shape index (κ1) is 14.8. The lowest BCUT2D eigenvalue weighted by Crippen LogP contribution is -2.33. The number of carboxylic acids is 1. The average molecular weight is 277 g/mol. The number of anilines is 1. The van der Waals surface area contributed by atoms with Gasteiger partial charge in [0.15, 0.2) is 0 Å². The number of aryl methyl sites for hydroxylation is 1.